The second-order valence-corrected chi connectivity index (χ2v) is 6.23. The van der Waals surface area contributed by atoms with Crippen LogP contribution in [0.5, 0.6) is 0 Å². The first-order valence-electron chi connectivity index (χ1n) is 7.23. The standard InChI is InChI=1S/C14H21N5S/c1-18-7-2-3-10-9-19(8-5-12(10)18)14-16-6-4-11(17-14)13(15)20/h4,6,10,12H,2-3,5,7-9H2,1H3,(H2,15,20). The molecule has 5 nitrogen and oxygen atoms in total. The van der Waals surface area contributed by atoms with Crippen molar-refractivity contribution < 1.29 is 0 Å². The molecule has 2 atom stereocenters. The number of likely N-dealkylation sites (tertiary alicyclic amines) is 1. The maximum Gasteiger partial charge on any atom is 0.225 e. The first-order valence-corrected chi connectivity index (χ1v) is 7.64. The van der Waals surface area contributed by atoms with E-state index in [2.05, 4.69) is 26.8 Å². The summed E-state index contributed by atoms with van der Waals surface area (Å²) in [6, 6.07) is 2.49. The van der Waals surface area contributed by atoms with E-state index in [0.717, 1.165) is 31.0 Å². The number of hydrogen-bond acceptors (Lipinski definition) is 5. The smallest absolute Gasteiger partial charge is 0.225 e. The van der Waals surface area contributed by atoms with Crippen molar-refractivity contribution in [2.24, 2.45) is 11.7 Å². The Hall–Kier alpha value is -1.27. The highest BCUT2D eigenvalue weighted by Crippen LogP contribution is 2.30. The van der Waals surface area contributed by atoms with Crippen molar-refractivity contribution in [1.29, 1.82) is 0 Å². The molecule has 2 aliphatic rings. The van der Waals surface area contributed by atoms with E-state index in [1.54, 1.807) is 12.3 Å². The number of anilines is 1. The summed E-state index contributed by atoms with van der Waals surface area (Å²) in [7, 11) is 2.25. The molecule has 3 heterocycles. The average Bonchev–Trinajstić information content (AvgIpc) is 2.47. The van der Waals surface area contributed by atoms with Crippen molar-refractivity contribution >= 4 is 23.2 Å². The van der Waals surface area contributed by atoms with E-state index < -0.39 is 0 Å². The molecule has 0 saturated carbocycles. The SMILES string of the molecule is CN1CCCC2CN(c3nccc(C(N)=S)n3)CCC21. The van der Waals surface area contributed by atoms with Gasteiger partial charge in [-0.25, -0.2) is 9.97 Å². The quantitative estimate of drug-likeness (QED) is 0.821. The van der Waals surface area contributed by atoms with Gasteiger partial charge >= 0.3 is 0 Å². The maximum atomic E-state index is 5.65. The summed E-state index contributed by atoms with van der Waals surface area (Å²) >= 11 is 4.99. The molecular weight excluding hydrogens is 270 g/mol. The molecule has 0 amide bonds. The Morgan fingerprint density at radius 3 is 3.05 bits per heavy atom. The van der Waals surface area contributed by atoms with Gasteiger partial charge in [-0.3, -0.25) is 0 Å². The molecule has 0 radical (unpaired) electrons. The molecule has 6 heteroatoms. The van der Waals surface area contributed by atoms with Gasteiger partial charge in [0.15, 0.2) is 0 Å². The lowest BCUT2D eigenvalue weighted by Crippen LogP contribution is -2.53. The van der Waals surface area contributed by atoms with Gasteiger partial charge in [-0.15, -0.1) is 0 Å². The third kappa shape index (κ3) is 2.62. The summed E-state index contributed by atoms with van der Waals surface area (Å²) in [5.74, 6) is 1.49. The van der Waals surface area contributed by atoms with Gasteiger partial charge < -0.3 is 15.5 Å². The topological polar surface area (TPSA) is 58.3 Å². The van der Waals surface area contributed by atoms with Crippen molar-refractivity contribution in [3.05, 3.63) is 18.0 Å². The van der Waals surface area contributed by atoms with Gasteiger partial charge in [0.25, 0.3) is 0 Å². The molecule has 2 fully saturated rings. The largest absolute Gasteiger partial charge is 0.388 e. The van der Waals surface area contributed by atoms with Crippen molar-refractivity contribution in [1.82, 2.24) is 14.9 Å². The highest BCUT2D eigenvalue weighted by atomic mass is 32.1. The number of hydrogen-bond donors (Lipinski definition) is 1. The average molecular weight is 291 g/mol. The van der Waals surface area contributed by atoms with E-state index in [1.165, 1.54) is 25.8 Å². The summed E-state index contributed by atoms with van der Waals surface area (Å²) in [6.07, 6.45) is 5.53. The van der Waals surface area contributed by atoms with E-state index in [4.69, 9.17) is 18.0 Å². The van der Waals surface area contributed by atoms with Crippen molar-refractivity contribution in [3.63, 3.8) is 0 Å². The molecule has 2 aliphatic heterocycles. The second kappa shape index (κ2) is 5.61. The van der Waals surface area contributed by atoms with Crippen molar-refractivity contribution in [2.75, 3.05) is 31.6 Å². The maximum absolute atomic E-state index is 5.65. The first-order chi connectivity index (χ1) is 9.65. The summed E-state index contributed by atoms with van der Waals surface area (Å²) < 4.78 is 0. The lowest BCUT2D eigenvalue weighted by atomic mass is 9.84. The Balaban J connectivity index is 1.76. The fourth-order valence-electron chi connectivity index (χ4n) is 3.47. The minimum Gasteiger partial charge on any atom is -0.388 e. The van der Waals surface area contributed by atoms with Gasteiger partial charge in [0, 0.05) is 25.3 Å². The summed E-state index contributed by atoms with van der Waals surface area (Å²) in [6.45, 7) is 3.27. The molecule has 0 bridgehead atoms. The van der Waals surface area contributed by atoms with E-state index in [0.29, 0.717) is 10.7 Å². The predicted octanol–water partition coefficient (Wildman–Crippen LogP) is 1.03. The second-order valence-electron chi connectivity index (χ2n) is 5.79. The Bertz CT molecular complexity index is 506. The van der Waals surface area contributed by atoms with E-state index in [1.807, 2.05) is 0 Å². The fraction of sp³-hybridized carbons (Fsp3) is 0.643. The van der Waals surface area contributed by atoms with Crippen molar-refractivity contribution in [3.8, 4) is 0 Å². The monoisotopic (exact) mass is 291 g/mol. The molecule has 0 spiro atoms. The lowest BCUT2D eigenvalue weighted by Gasteiger charge is -2.45. The van der Waals surface area contributed by atoms with Crippen LogP contribution in [0.25, 0.3) is 0 Å². The van der Waals surface area contributed by atoms with Crippen LogP contribution in [0.2, 0.25) is 0 Å². The number of nitrogens with zero attached hydrogens (tertiary/aromatic N) is 4. The van der Waals surface area contributed by atoms with Crippen LogP contribution >= 0.6 is 12.2 Å². The summed E-state index contributed by atoms with van der Waals surface area (Å²) in [4.78, 5) is 14.0. The molecule has 0 aromatic carbocycles. The number of fused-ring (bicyclic) bond motifs is 1. The molecule has 20 heavy (non-hydrogen) atoms. The van der Waals surface area contributed by atoms with Crippen LogP contribution in [-0.2, 0) is 0 Å². The molecule has 1 aromatic heterocycles. The Kier molecular flexibility index (Phi) is 3.85. The van der Waals surface area contributed by atoms with Gasteiger partial charge in [-0.1, -0.05) is 12.2 Å². The zero-order valence-electron chi connectivity index (χ0n) is 11.8. The summed E-state index contributed by atoms with van der Waals surface area (Å²) in [5.41, 5.74) is 6.31. The van der Waals surface area contributed by atoms with Gasteiger partial charge in [0.05, 0.1) is 0 Å². The van der Waals surface area contributed by atoms with Crippen LogP contribution in [0, 0.1) is 5.92 Å². The number of aromatic nitrogens is 2. The third-order valence-corrected chi connectivity index (χ3v) is 4.73. The molecule has 3 rings (SSSR count). The Labute approximate surface area is 125 Å². The van der Waals surface area contributed by atoms with Crippen LogP contribution in [0.3, 0.4) is 0 Å². The molecular formula is C14H21N5S. The zero-order chi connectivity index (χ0) is 14.1. The Morgan fingerprint density at radius 1 is 1.40 bits per heavy atom. The Morgan fingerprint density at radius 2 is 2.25 bits per heavy atom. The zero-order valence-corrected chi connectivity index (χ0v) is 12.6. The van der Waals surface area contributed by atoms with Crippen LogP contribution in [-0.4, -0.2) is 52.6 Å². The number of piperidine rings is 2. The van der Waals surface area contributed by atoms with Gasteiger partial charge in [-0.05, 0) is 44.8 Å². The molecule has 2 N–H and O–H groups in total. The van der Waals surface area contributed by atoms with Crippen LogP contribution in [0.4, 0.5) is 5.95 Å². The first kappa shape index (κ1) is 13.7. The fourth-order valence-corrected chi connectivity index (χ4v) is 3.59. The molecule has 2 unspecified atom stereocenters. The lowest BCUT2D eigenvalue weighted by molar-refractivity contribution is 0.102. The molecule has 2 saturated heterocycles. The number of thiocarbonyl (C=S) groups is 1. The molecule has 108 valence electrons. The van der Waals surface area contributed by atoms with Gasteiger partial charge in [-0.2, -0.15) is 0 Å². The number of nitrogens with two attached hydrogens (primary N) is 1. The predicted molar refractivity (Wildman–Crippen MR) is 83.9 cm³/mol. The van der Waals surface area contributed by atoms with Crippen LogP contribution < -0.4 is 10.6 Å². The van der Waals surface area contributed by atoms with Crippen molar-refractivity contribution in [2.45, 2.75) is 25.3 Å². The highest BCUT2D eigenvalue weighted by molar-refractivity contribution is 7.80. The van der Waals surface area contributed by atoms with Crippen LogP contribution in [0.15, 0.2) is 12.3 Å². The van der Waals surface area contributed by atoms with Gasteiger partial charge in [0.1, 0.15) is 10.7 Å². The van der Waals surface area contributed by atoms with E-state index in [-0.39, 0.29) is 0 Å². The minimum absolute atomic E-state index is 0.334. The highest BCUT2D eigenvalue weighted by Gasteiger charge is 2.34. The minimum atomic E-state index is 0.334. The molecule has 0 aliphatic carbocycles. The number of rotatable bonds is 2. The normalized spacial score (nSPS) is 27.1. The third-order valence-electron chi connectivity index (χ3n) is 4.52. The van der Waals surface area contributed by atoms with Crippen LogP contribution in [0.1, 0.15) is 25.0 Å². The molecule has 1 aromatic rings. The van der Waals surface area contributed by atoms with E-state index >= 15 is 0 Å². The van der Waals surface area contributed by atoms with E-state index in [9.17, 15) is 0 Å². The van der Waals surface area contributed by atoms with Gasteiger partial charge in [0.2, 0.25) is 5.95 Å². The summed E-state index contributed by atoms with van der Waals surface area (Å²) in [5, 5.41) is 0.